The Hall–Kier alpha value is -1.37. The topological polar surface area (TPSA) is 49.0 Å². The molecule has 0 spiro atoms. The van der Waals surface area contributed by atoms with Gasteiger partial charge in [0.05, 0.1) is 4.88 Å². The number of fused-ring (bicyclic) bond motifs is 1. The highest BCUT2D eigenvalue weighted by molar-refractivity contribution is 7.71. The molecule has 2 aromatic rings. The second kappa shape index (κ2) is 5.55. The van der Waals surface area contributed by atoms with Crippen LogP contribution < -0.4 is 0 Å². The zero-order valence-corrected chi connectivity index (χ0v) is 12.8. The summed E-state index contributed by atoms with van der Waals surface area (Å²) in [6.45, 7) is 4.37. The molecule has 3 heterocycles. The molecular weight excluding hydrogens is 290 g/mol. The summed E-state index contributed by atoms with van der Waals surface area (Å²) in [4.78, 5) is 23.1. The first-order valence-corrected chi connectivity index (χ1v) is 7.73. The number of aromatic amines is 1. The SMILES string of the molecule is CC(=O)c1ccc(CN2CCc3[nH]c(=S)ncc3C2)s1. The van der Waals surface area contributed by atoms with Gasteiger partial charge in [-0.05, 0) is 31.3 Å². The molecule has 1 N–H and O–H groups in total. The van der Waals surface area contributed by atoms with E-state index in [1.165, 1.54) is 16.1 Å². The fraction of sp³-hybridized carbons (Fsp3) is 0.357. The number of H-pyrrole nitrogens is 1. The molecule has 0 saturated heterocycles. The van der Waals surface area contributed by atoms with Crippen LogP contribution in [0.4, 0.5) is 0 Å². The van der Waals surface area contributed by atoms with E-state index in [9.17, 15) is 4.79 Å². The first-order valence-electron chi connectivity index (χ1n) is 6.51. The molecule has 0 unspecified atom stereocenters. The number of nitrogens with one attached hydrogen (secondary N) is 1. The van der Waals surface area contributed by atoms with Crippen molar-refractivity contribution < 1.29 is 4.79 Å². The van der Waals surface area contributed by atoms with Crippen molar-refractivity contribution in [1.29, 1.82) is 0 Å². The Kier molecular flexibility index (Phi) is 3.78. The van der Waals surface area contributed by atoms with Crippen molar-refractivity contribution in [2.24, 2.45) is 0 Å². The van der Waals surface area contributed by atoms with Gasteiger partial charge < -0.3 is 4.98 Å². The summed E-state index contributed by atoms with van der Waals surface area (Å²) in [6, 6.07) is 3.96. The van der Waals surface area contributed by atoms with Gasteiger partial charge in [-0.2, -0.15) is 0 Å². The van der Waals surface area contributed by atoms with Crippen LogP contribution in [0, 0.1) is 4.77 Å². The van der Waals surface area contributed by atoms with Gasteiger partial charge in [0, 0.05) is 48.4 Å². The van der Waals surface area contributed by atoms with Crippen molar-refractivity contribution in [3.8, 4) is 0 Å². The van der Waals surface area contributed by atoms with E-state index in [1.807, 2.05) is 18.3 Å². The largest absolute Gasteiger partial charge is 0.334 e. The lowest BCUT2D eigenvalue weighted by Gasteiger charge is -2.27. The van der Waals surface area contributed by atoms with Crippen molar-refractivity contribution in [2.75, 3.05) is 6.54 Å². The molecule has 1 aliphatic heterocycles. The van der Waals surface area contributed by atoms with E-state index in [2.05, 4.69) is 14.9 Å². The number of thiophene rings is 1. The summed E-state index contributed by atoms with van der Waals surface area (Å²) < 4.78 is 0.557. The van der Waals surface area contributed by atoms with Crippen molar-refractivity contribution in [2.45, 2.75) is 26.4 Å². The summed E-state index contributed by atoms with van der Waals surface area (Å²) in [5.41, 5.74) is 2.42. The molecule has 4 nitrogen and oxygen atoms in total. The number of Topliss-reactive ketones (excluding diaryl/α,β-unsaturated/α-hetero) is 1. The van der Waals surface area contributed by atoms with Gasteiger partial charge in [0.15, 0.2) is 10.6 Å². The Labute approximate surface area is 126 Å². The van der Waals surface area contributed by atoms with Crippen molar-refractivity contribution in [1.82, 2.24) is 14.9 Å². The summed E-state index contributed by atoms with van der Waals surface area (Å²) in [5.74, 6) is 0.141. The number of hydrogen-bond acceptors (Lipinski definition) is 5. The fourth-order valence-corrected chi connectivity index (χ4v) is 3.53. The van der Waals surface area contributed by atoms with Crippen LogP contribution in [-0.4, -0.2) is 27.2 Å². The van der Waals surface area contributed by atoms with Gasteiger partial charge in [-0.25, -0.2) is 4.98 Å². The highest BCUT2D eigenvalue weighted by Gasteiger charge is 2.17. The molecule has 0 aliphatic carbocycles. The maximum Gasteiger partial charge on any atom is 0.196 e. The zero-order valence-electron chi connectivity index (χ0n) is 11.2. The van der Waals surface area contributed by atoms with Crippen LogP contribution in [0.1, 0.15) is 32.7 Å². The summed E-state index contributed by atoms with van der Waals surface area (Å²) in [5, 5.41) is 0. The zero-order chi connectivity index (χ0) is 14.1. The molecule has 0 saturated carbocycles. The summed E-state index contributed by atoms with van der Waals surface area (Å²) in [7, 11) is 0. The summed E-state index contributed by atoms with van der Waals surface area (Å²) >= 11 is 6.64. The first kappa shape index (κ1) is 13.6. The smallest absolute Gasteiger partial charge is 0.196 e. The molecule has 0 bridgehead atoms. The molecule has 0 aromatic carbocycles. The summed E-state index contributed by atoms with van der Waals surface area (Å²) in [6.07, 6.45) is 2.84. The second-order valence-corrected chi connectivity index (χ2v) is 6.53. The number of carbonyl (C=O) groups is 1. The van der Waals surface area contributed by atoms with E-state index in [1.54, 1.807) is 18.3 Å². The minimum atomic E-state index is 0.141. The standard InChI is InChI=1S/C14H15N3OS2/c1-9(18)13-3-2-11(20-13)8-17-5-4-12-10(7-17)6-15-14(19)16-12/h2-3,6H,4-5,7-8H2,1H3,(H,15,16,19). The minimum absolute atomic E-state index is 0.141. The number of rotatable bonds is 3. The number of carbonyl (C=O) groups excluding carboxylic acids is 1. The van der Waals surface area contributed by atoms with Gasteiger partial charge in [0.25, 0.3) is 0 Å². The van der Waals surface area contributed by atoms with Crippen LogP contribution in [0.3, 0.4) is 0 Å². The van der Waals surface area contributed by atoms with E-state index < -0.39 is 0 Å². The van der Waals surface area contributed by atoms with Gasteiger partial charge in [0.1, 0.15) is 0 Å². The molecule has 6 heteroatoms. The Morgan fingerprint density at radius 3 is 3.15 bits per heavy atom. The van der Waals surface area contributed by atoms with Gasteiger partial charge >= 0.3 is 0 Å². The highest BCUT2D eigenvalue weighted by atomic mass is 32.1. The monoisotopic (exact) mass is 305 g/mol. The Bertz CT molecular complexity index is 704. The molecule has 2 aromatic heterocycles. The highest BCUT2D eigenvalue weighted by Crippen LogP contribution is 2.22. The number of nitrogens with zero attached hydrogens (tertiary/aromatic N) is 2. The average molecular weight is 305 g/mol. The molecule has 3 rings (SSSR count). The van der Waals surface area contributed by atoms with Crippen LogP contribution >= 0.6 is 23.6 Å². The third-order valence-corrected chi connectivity index (χ3v) is 4.82. The normalized spacial score (nSPS) is 15.1. The molecule has 0 radical (unpaired) electrons. The molecule has 1 aliphatic rings. The van der Waals surface area contributed by atoms with Gasteiger partial charge in [-0.3, -0.25) is 9.69 Å². The lowest BCUT2D eigenvalue weighted by atomic mass is 10.1. The van der Waals surface area contributed by atoms with Crippen LogP contribution in [0.15, 0.2) is 18.3 Å². The van der Waals surface area contributed by atoms with E-state index in [-0.39, 0.29) is 5.78 Å². The first-order chi connectivity index (χ1) is 9.61. The van der Waals surface area contributed by atoms with Gasteiger partial charge in [0.2, 0.25) is 0 Å². The van der Waals surface area contributed by atoms with Gasteiger partial charge in [-0.15, -0.1) is 11.3 Å². The second-order valence-electron chi connectivity index (χ2n) is 4.97. The molecule has 20 heavy (non-hydrogen) atoms. The molecule has 0 atom stereocenters. The maximum atomic E-state index is 11.3. The molecular formula is C14H15N3OS2. The van der Waals surface area contributed by atoms with E-state index in [0.717, 1.165) is 30.9 Å². The van der Waals surface area contributed by atoms with Crippen LogP contribution in [0.2, 0.25) is 0 Å². The Balaban J connectivity index is 1.72. The van der Waals surface area contributed by atoms with Crippen molar-refractivity contribution >= 4 is 29.3 Å². The van der Waals surface area contributed by atoms with Crippen LogP contribution in [0.5, 0.6) is 0 Å². The van der Waals surface area contributed by atoms with E-state index >= 15 is 0 Å². The van der Waals surface area contributed by atoms with Crippen molar-refractivity contribution in [3.63, 3.8) is 0 Å². The van der Waals surface area contributed by atoms with E-state index in [0.29, 0.717) is 4.77 Å². The predicted octanol–water partition coefficient (Wildman–Crippen LogP) is 2.96. The van der Waals surface area contributed by atoms with Crippen LogP contribution in [0.25, 0.3) is 0 Å². The minimum Gasteiger partial charge on any atom is -0.334 e. The quantitative estimate of drug-likeness (QED) is 0.699. The number of hydrogen-bond donors (Lipinski definition) is 1. The number of ketones is 1. The maximum absolute atomic E-state index is 11.3. The third-order valence-electron chi connectivity index (χ3n) is 3.44. The Morgan fingerprint density at radius 2 is 2.40 bits per heavy atom. The number of aromatic nitrogens is 2. The lowest BCUT2D eigenvalue weighted by molar-refractivity contribution is 0.102. The molecule has 0 amide bonds. The predicted molar refractivity (Wildman–Crippen MR) is 81.6 cm³/mol. The van der Waals surface area contributed by atoms with Gasteiger partial charge in [-0.1, -0.05) is 0 Å². The van der Waals surface area contributed by atoms with Crippen LogP contribution in [-0.2, 0) is 19.5 Å². The van der Waals surface area contributed by atoms with Crippen molar-refractivity contribution in [3.05, 3.63) is 44.1 Å². The molecule has 104 valence electrons. The lowest BCUT2D eigenvalue weighted by Crippen LogP contribution is -2.30. The van der Waals surface area contributed by atoms with E-state index in [4.69, 9.17) is 12.2 Å². The fourth-order valence-electron chi connectivity index (χ4n) is 2.41. The Morgan fingerprint density at radius 1 is 1.55 bits per heavy atom. The third kappa shape index (κ3) is 2.87. The average Bonchev–Trinajstić information content (AvgIpc) is 2.88. The molecule has 0 fully saturated rings.